The second-order valence-electron chi connectivity index (χ2n) is 6.09. The fourth-order valence-electron chi connectivity index (χ4n) is 3.29. The van der Waals surface area contributed by atoms with Gasteiger partial charge in [-0.25, -0.2) is 4.68 Å². The van der Waals surface area contributed by atoms with Gasteiger partial charge in [-0.2, -0.15) is 5.10 Å². The van der Waals surface area contributed by atoms with Gasteiger partial charge in [-0.1, -0.05) is 37.5 Å². The highest BCUT2D eigenvalue weighted by Crippen LogP contribution is 2.35. The van der Waals surface area contributed by atoms with Crippen LogP contribution in [0.25, 0.3) is 5.69 Å². The SMILES string of the molecule is CC(=O)c1nn(-c2ccccc2C2CCCCC2)cc(O)c1=O. The molecule has 1 heterocycles. The van der Waals surface area contributed by atoms with E-state index in [1.807, 2.05) is 18.2 Å². The molecule has 1 aliphatic rings. The van der Waals surface area contributed by atoms with E-state index in [0.717, 1.165) is 24.1 Å². The molecule has 1 fully saturated rings. The van der Waals surface area contributed by atoms with Gasteiger partial charge in [0.15, 0.2) is 17.2 Å². The minimum Gasteiger partial charge on any atom is -0.503 e. The molecule has 5 heteroatoms. The van der Waals surface area contributed by atoms with Crippen LogP contribution in [0.2, 0.25) is 0 Å². The number of rotatable bonds is 3. The fourth-order valence-corrected chi connectivity index (χ4v) is 3.29. The number of para-hydroxylation sites is 1. The van der Waals surface area contributed by atoms with Crippen LogP contribution in [0, 0.1) is 0 Å². The Labute approximate surface area is 134 Å². The van der Waals surface area contributed by atoms with Gasteiger partial charge in [0, 0.05) is 6.92 Å². The summed E-state index contributed by atoms with van der Waals surface area (Å²) < 4.78 is 1.46. The molecule has 1 N–H and O–H groups in total. The number of hydrogen-bond donors (Lipinski definition) is 1. The molecule has 0 amide bonds. The molecule has 23 heavy (non-hydrogen) atoms. The largest absolute Gasteiger partial charge is 0.503 e. The van der Waals surface area contributed by atoms with Gasteiger partial charge in [0.1, 0.15) is 0 Å². The summed E-state index contributed by atoms with van der Waals surface area (Å²) in [5.41, 5.74) is 1.02. The minimum absolute atomic E-state index is 0.233. The first-order valence-electron chi connectivity index (χ1n) is 8.01. The molecule has 1 aliphatic carbocycles. The van der Waals surface area contributed by atoms with E-state index in [-0.39, 0.29) is 5.69 Å². The number of ketones is 1. The topological polar surface area (TPSA) is 72.2 Å². The third kappa shape index (κ3) is 3.04. The lowest BCUT2D eigenvalue weighted by molar-refractivity contribution is 0.100. The molecule has 1 aromatic heterocycles. The van der Waals surface area contributed by atoms with Crippen LogP contribution in [0.1, 0.15) is 61.0 Å². The molecule has 3 rings (SSSR count). The predicted molar refractivity (Wildman–Crippen MR) is 87.3 cm³/mol. The van der Waals surface area contributed by atoms with Gasteiger partial charge in [-0.3, -0.25) is 9.59 Å². The van der Waals surface area contributed by atoms with Crippen molar-refractivity contribution in [3.05, 3.63) is 51.9 Å². The van der Waals surface area contributed by atoms with Crippen LogP contribution in [-0.4, -0.2) is 20.7 Å². The second kappa shape index (κ2) is 6.36. The quantitative estimate of drug-likeness (QED) is 0.883. The zero-order valence-corrected chi connectivity index (χ0v) is 13.2. The molecule has 2 aromatic rings. The molecule has 0 spiro atoms. The monoisotopic (exact) mass is 312 g/mol. The van der Waals surface area contributed by atoms with E-state index in [9.17, 15) is 14.7 Å². The lowest BCUT2D eigenvalue weighted by atomic mass is 9.83. The van der Waals surface area contributed by atoms with Crippen molar-refractivity contribution in [3.63, 3.8) is 0 Å². The van der Waals surface area contributed by atoms with E-state index in [1.165, 1.54) is 37.1 Å². The van der Waals surface area contributed by atoms with Crippen LogP contribution in [0.3, 0.4) is 0 Å². The predicted octanol–water partition coefficient (Wildman–Crippen LogP) is 3.19. The smallest absolute Gasteiger partial charge is 0.252 e. The van der Waals surface area contributed by atoms with Crippen molar-refractivity contribution in [3.8, 4) is 11.4 Å². The first kappa shape index (κ1) is 15.5. The van der Waals surface area contributed by atoms with Gasteiger partial charge in [0.2, 0.25) is 0 Å². The Morgan fingerprint density at radius 2 is 1.91 bits per heavy atom. The summed E-state index contributed by atoms with van der Waals surface area (Å²) in [6, 6.07) is 7.86. The normalized spacial score (nSPS) is 15.5. The van der Waals surface area contributed by atoms with Gasteiger partial charge in [-0.15, -0.1) is 0 Å². The number of nitrogens with zero attached hydrogens (tertiary/aromatic N) is 2. The zero-order chi connectivity index (χ0) is 16.4. The summed E-state index contributed by atoms with van der Waals surface area (Å²) >= 11 is 0. The lowest BCUT2D eigenvalue weighted by Gasteiger charge is -2.24. The van der Waals surface area contributed by atoms with Gasteiger partial charge in [-0.05, 0) is 30.4 Å². The molecule has 1 saturated carbocycles. The molecule has 0 aliphatic heterocycles. The number of hydrogen-bond acceptors (Lipinski definition) is 4. The molecule has 0 unspecified atom stereocenters. The summed E-state index contributed by atoms with van der Waals surface area (Å²) in [6.45, 7) is 1.28. The van der Waals surface area contributed by atoms with Crippen molar-refractivity contribution in [1.82, 2.24) is 9.78 Å². The molecule has 5 nitrogen and oxygen atoms in total. The van der Waals surface area contributed by atoms with E-state index < -0.39 is 17.0 Å². The third-order valence-electron chi connectivity index (χ3n) is 4.46. The summed E-state index contributed by atoms with van der Waals surface area (Å²) in [4.78, 5) is 23.4. The first-order valence-corrected chi connectivity index (χ1v) is 8.01. The van der Waals surface area contributed by atoms with Crippen LogP contribution in [0.4, 0.5) is 0 Å². The molecule has 0 atom stereocenters. The molecule has 120 valence electrons. The standard InChI is InChI=1S/C18H20N2O3/c1-12(21)17-18(23)16(22)11-20(19-17)15-10-6-5-9-14(15)13-7-3-2-4-8-13/h5-6,9-11,13,22H,2-4,7-8H2,1H3. The fraction of sp³-hybridized carbons (Fsp3) is 0.389. The lowest BCUT2D eigenvalue weighted by Crippen LogP contribution is -2.20. The number of Topliss-reactive ketones (excluding diaryl/α,β-unsaturated/α-hetero) is 1. The average Bonchev–Trinajstić information content (AvgIpc) is 2.57. The Bertz CT molecular complexity index is 789. The number of benzene rings is 1. The highest BCUT2D eigenvalue weighted by molar-refractivity contribution is 5.92. The maximum absolute atomic E-state index is 11.8. The zero-order valence-electron chi connectivity index (χ0n) is 13.2. The summed E-state index contributed by atoms with van der Waals surface area (Å²) in [7, 11) is 0. The summed E-state index contributed by atoms with van der Waals surface area (Å²) in [5, 5.41) is 14.0. The van der Waals surface area contributed by atoms with Gasteiger partial charge < -0.3 is 5.11 Å². The Balaban J connectivity index is 2.12. The summed E-state index contributed by atoms with van der Waals surface area (Å²) in [5.74, 6) is -0.456. The van der Waals surface area contributed by atoms with Crippen molar-refractivity contribution >= 4 is 5.78 Å². The van der Waals surface area contributed by atoms with Gasteiger partial charge >= 0.3 is 0 Å². The van der Waals surface area contributed by atoms with E-state index in [1.54, 1.807) is 0 Å². The van der Waals surface area contributed by atoms with Gasteiger partial charge in [0.05, 0.1) is 11.9 Å². The van der Waals surface area contributed by atoms with Crippen LogP contribution in [0.15, 0.2) is 35.3 Å². The van der Waals surface area contributed by atoms with E-state index in [2.05, 4.69) is 11.2 Å². The van der Waals surface area contributed by atoms with E-state index in [0.29, 0.717) is 5.92 Å². The van der Waals surface area contributed by atoms with Crippen molar-refractivity contribution < 1.29 is 9.90 Å². The molecular weight excluding hydrogens is 292 g/mol. The maximum Gasteiger partial charge on any atom is 0.252 e. The molecule has 0 saturated heterocycles. The van der Waals surface area contributed by atoms with Crippen molar-refractivity contribution in [1.29, 1.82) is 0 Å². The highest BCUT2D eigenvalue weighted by atomic mass is 16.3. The summed E-state index contributed by atoms with van der Waals surface area (Å²) in [6.07, 6.45) is 7.23. The van der Waals surface area contributed by atoms with Crippen LogP contribution in [-0.2, 0) is 0 Å². The Kier molecular flexibility index (Phi) is 4.28. The maximum atomic E-state index is 11.8. The minimum atomic E-state index is -0.719. The Morgan fingerprint density at radius 1 is 1.22 bits per heavy atom. The van der Waals surface area contributed by atoms with E-state index in [4.69, 9.17) is 0 Å². The highest BCUT2D eigenvalue weighted by Gasteiger charge is 2.20. The molecular formula is C18H20N2O3. The molecule has 0 bridgehead atoms. The van der Waals surface area contributed by atoms with Crippen LogP contribution < -0.4 is 5.43 Å². The van der Waals surface area contributed by atoms with Crippen LogP contribution in [0.5, 0.6) is 5.75 Å². The first-order chi connectivity index (χ1) is 11.1. The number of aromatic hydroxyl groups is 1. The van der Waals surface area contributed by atoms with E-state index >= 15 is 0 Å². The Morgan fingerprint density at radius 3 is 2.61 bits per heavy atom. The van der Waals surface area contributed by atoms with Crippen molar-refractivity contribution in [2.75, 3.05) is 0 Å². The van der Waals surface area contributed by atoms with Gasteiger partial charge in [0.25, 0.3) is 5.43 Å². The van der Waals surface area contributed by atoms with Crippen molar-refractivity contribution in [2.45, 2.75) is 44.9 Å². The average molecular weight is 312 g/mol. The third-order valence-corrected chi connectivity index (χ3v) is 4.46. The van der Waals surface area contributed by atoms with Crippen molar-refractivity contribution in [2.24, 2.45) is 0 Å². The Hall–Kier alpha value is -2.43. The van der Waals surface area contributed by atoms with Crippen LogP contribution >= 0.6 is 0 Å². The second-order valence-corrected chi connectivity index (χ2v) is 6.09. The number of aromatic nitrogens is 2. The number of carbonyl (C=O) groups excluding carboxylic acids is 1. The number of carbonyl (C=O) groups is 1. The molecule has 1 aromatic carbocycles. The molecule has 0 radical (unpaired) electrons.